The average molecular weight is 380 g/mol. The van der Waals surface area contributed by atoms with Gasteiger partial charge in [-0.05, 0) is 37.6 Å². The van der Waals surface area contributed by atoms with Gasteiger partial charge < -0.3 is 9.47 Å². The first-order valence-corrected chi connectivity index (χ1v) is 8.78. The molecule has 0 amide bonds. The summed E-state index contributed by atoms with van der Waals surface area (Å²) in [5, 5.41) is 5.10. The van der Waals surface area contributed by atoms with Crippen LogP contribution in [0.1, 0.15) is 46.3 Å². The van der Waals surface area contributed by atoms with Crippen LogP contribution in [0, 0.1) is 0 Å². The van der Waals surface area contributed by atoms with E-state index in [1.54, 1.807) is 48.5 Å². The SMILES string of the molecule is COC(=O)c1ccc(COC(=O)c2nn(C(C)C)c(=O)c3ccccc23)cc1. The first-order valence-electron chi connectivity index (χ1n) is 8.78. The Morgan fingerprint density at radius 1 is 1.00 bits per heavy atom. The molecule has 0 bridgehead atoms. The summed E-state index contributed by atoms with van der Waals surface area (Å²) in [6.45, 7) is 3.65. The van der Waals surface area contributed by atoms with E-state index in [9.17, 15) is 14.4 Å². The van der Waals surface area contributed by atoms with E-state index in [2.05, 4.69) is 9.84 Å². The van der Waals surface area contributed by atoms with Crippen molar-refractivity contribution in [1.82, 2.24) is 9.78 Å². The van der Waals surface area contributed by atoms with E-state index in [0.717, 1.165) is 0 Å². The Morgan fingerprint density at radius 3 is 2.25 bits per heavy atom. The molecular weight excluding hydrogens is 360 g/mol. The van der Waals surface area contributed by atoms with Crippen LogP contribution in [0.3, 0.4) is 0 Å². The average Bonchev–Trinajstić information content (AvgIpc) is 2.72. The van der Waals surface area contributed by atoms with Crippen LogP contribution in [0.25, 0.3) is 10.8 Å². The molecule has 7 heteroatoms. The molecule has 1 heterocycles. The van der Waals surface area contributed by atoms with Crippen LogP contribution < -0.4 is 5.56 Å². The molecule has 0 aliphatic carbocycles. The second-order valence-electron chi connectivity index (χ2n) is 6.50. The van der Waals surface area contributed by atoms with E-state index >= 15 is 0 Å². The maximum absolute atomic E-state index is 12.7. The highest BCUT2D eigenvalue weighted by Crippen LogP contribution is 2.16. The van der Waals surface area contributed by atoms with Gasteiger partial charge in [0.1, 0.15) is 6.61 Å². The number of benzene rings is 2. The minimum Gasteiger partial charge on any atom is -0.465 e. The quantitative estimate of drug-likeness (QED) is 0.632. The van der Waals surface area contributed by atoms with Gasteiger partial charge in [-0.3, -0.25) is 4.79 Å². The predicted octanol–water partition coefficient (Wildman–Crippen LogP) is 3.12. The Labute approximate surface area is 161 Å². The third kappa shape index (κ3) is 3.78. The molecule has 0 saturated carbocycles. The summed E-state index contributed by atoms with van der Waals surface area (Å²) in [4.78, 5) is 36.7. The fourth-order valence-corrected chi connectivity index (χ4v) is 2.78. The number of aromatic nitrogens is 2. The van der Waals surface area contributed by atoms with Crippen LogP contribution in [0.2, 0.25) is 0 Å². The Kier molecular flexibility index (Phi) is 5.54. The molecule has 1 aromatic heterocycles. The highest BCUT2D eigenvalue weighted by Gasteiger charge is 2.19. The topological polar surface area (TPSA) is 87.5 Å². The summed E-state index contributed by atoms with van der Waals surface area (Å²) in [6.07, 6.45) is 0. The van der Waals surface area contributed by atoms with E-state index in [4.69, 9.17) is 4.74 Å². The lowest BCUT2D eigenvalue weighted by Gasteiger charge is -2.13. The van der Waals surface area contributed by atoms with Gasteiger partial charge in [0, 0.05) is 5.39 Å². The van der Waals surface area contributed by atoms with Gasteiger partial charge in [-0.1, -0.05) is 30.3 Å². The summed E-state index contributed by atoms with van der Waals surface area (Å²) in [7, 11) is 1.31. The number of rotatable bonds is 5. The molecule has 0 radical (unpaired) electrons. The molecule has 28 heavy (non-hydrogen) atoms. The van der Waals surface area contributed by atoms with Gasteiger partial charge in [-0.25, -0.2) is 14.3 Å². The maximum Gasteiger partial charge on any atom is 0.359 e. The number of ether oxygens (including phenoxy) is 2. The van der Waals surface area contributed by atoms with E-state index in [1.807, 2.05) is 13.8 Å². The van der Waals surface area contributed by atoms with Gasteiger partial charge in [0.2, 0.25) is 0 Å². The highest BCUT2D eigenvalue weighted by atomic mass is 16.5. The molecule has 0 unspecified atom stereocenters. The molecule has 2 aromatic carbocycles. The van der Waals surface area contributed by atoms with Crippen LogP contribution in [0.4, 0.5) is 0 Å². The maximum atomic E-state index is 12.7. The Balaban J connectivity index is 1.86. The largest absolute Gasteiger partial charge is 0.465 e. The van der Waals surface area contributed by atoms with Crippen LogP contribution in [0.5, 0.6) is 0 Å². The van der Waals surface area contributed by atoms with Crippen molar-refractivity contribution < 1.29 is 19.1 Å². The van der Waals surface area contributed by atoms with Crippen molar-refractivity contribution >= 4 is 22.7 Å². The van der Waals surface area contributed by atoms with Crippen molar-refractivity contribution in [3.05, 3.63) is 75.7 Å². The van der Waals surface area contributed by atoms with E-state index < -0.39 is 11.9 Å². The molecule has 3 rings (SSSR count). The molecule has 0 aliphatic heterocycles. The zero-order valence-corrected chi connectivity index (χ0v) is 15.8. The molecule has 0 aliphatic rings. The van der Waals surface area contributed by atoms with Gasteiger partial charge in [0.05, 0.1) is 24.1 Å². The van der Waals surface area contributed by atoms with Crippen molar-refractivity contribution in [2.45, 2.75) is 26.5 Å². The Bertz CT molecular complexity index is 1080. The molecule has 0 fully saturated rings. The van der Waals surface area contributed by atoms with Crippen LogP contribution in [-0.4, -0.2) is 28.8 Å². The monoisotopic (exact) mass is 380 g/mol. The molecule has 0 atom stereocenters. The van der Waals surface area contributed by atoms with Gasteiger partial charge >= 0.3 is 11.9 Å². The highest BCUT2D eigenvalue weighted by molar-refractivity contribution is 6.02. The third-order valence-corrected chi connectivity index (χ3v) is 4.26. The minimum atomic E-state index is -0.623. The molecule has 7 nitrogen and oxygen atoms in total. The summed E-state index contributed by atoms with van der Waals surface area (Å²) in [6, 6.07) is 13.2. The van der Waals surface area contributed by atoms with Crippen molar-refractivity contribution in [2.75, 3.05) is 7.11 Å². The van der Waals surface area contributed by atoms with Crippen molar-refractivity contribution in [1.29, 1.82) is 0 Å². The summed E-state index contributed by atoms with van der Waals surface area (Å²) in [5.74, 6) is -1.06. The lowest BCUT2D eigenvalue weighted by atomic mass is 10.1. The van der Waals surface area contributed by atoms with Crippen LogP contribution >= 0.6 is 0 Å². The number of carbonyl (C=O) groups is 2. The lowest BCUT2D eigenvalue weighted by molar-refractivity contribution is 0.0463. The van der Waals surface area contributed by atoms with Crippen molar-refractivity contribution in [3.8, 4) is 0 Å². The zero-order chi connectivity index (χ0) is 20.3. The van der Waals surface area contributed by atoms with E-state index in [-0.39, 0.29) is 23.9 Å². The minimum absolute atomic E-state index is 0.0110. The summed E-state index contributed by atoms with van der Waals surface area (Å²) < 4.78 is 11.3. The van der Waals surface area contributed by atoms with Crippen molar-refractivity contribution in [2.24, 2.45) is 0 Å². The van der Waals surface area contributed by atoms with Crippen LogP contribution in [-0.2, 0) is 16.1 Å². The van der Waals surface area contributed by atoms with E-state index in [0.29, 0.717) is 21.9 Å². The molecule has 0 N–H and O–H groups in total. The first-order chi connectivity index (χ1) is 13.4. The van der Waals surface area contributed by atoms with Crippen molar-refractivity contribution in [3.63, 3.8) is 0 Å². The number of methoxy groups -OCH3 is 1. The third-order valence-electron chi connectivity index (χ3n) is 4.26. The second kappa shape index (κ2) is 8.04. The number of hydrogen-bond acceptors (Lipinski definition) is 6. The number of esters is 2. The van der Waals surface area contributed by atoms with E-state index in [1.165, 1.54) is 11.8 Å². The number of carbonyl (C=O) groups excluding carboxylic acids is 2. The summed E-state index contributed by atoms with van der Waals surface area (Å²) in [5.41, 5.74) is 0.965. The summed E-state index contributed by atoms with van der Waals surface area (Å²) >= 11 is 0. The van der Waals surface area contributed by atoms with Gasteiger partial charge in [0.15, 0.2) is 5.69 Å². The molecule has 144 valence electrons. The number of hydrogen-bond donors (Lipinski definition) is 0. The number of fused-ring (bicyclic) bond motifs is 1. The second-order valence-corrected chi connectivity index (χ2v) is 6.50. The lowest BCUT2D eigenvalue weighted by Crippen LogP contribution is -2.27. The fourth-order valence-electron chi connectivity index (χ4n) is 2.78. The molecule has 0 spiro atoms. The normalized spacial score (nSPS) is 10.9. The van der Waals surface area contributed by atoms with Gasteiger partial charge in [0.25, 0.3) is 5.56 Å². The molecule has 3 aromatic rings. The standard InChI is InChI=1S/C21H20N2O5/c1-13(2)23-19(24)17-7-5-4-6-16(17)18(22-23)21(26)28-12-14-8-10-15(11-9-14)20(25)27-3/h4-11,13H,12H2,1-3H3. The number of nitrogens with zero attached hydrogens (tertiary/aromatic N) is 2. The zero-order valence-electron chi connectivity index (χ0n) is 15.8. The fraction of sp³-hybridized carbons (Fsp3) is 0.238. The first kappa shape index (κ1) is 19.3. The van der Waals surface area contributed by atoms with Gasteiger partial charge in [-0.15, -0.1) is 0 Å². The molecule has 0 saturated heterocycles. The Morgan fingerprint density at radius 2 is 1.64 bits per heavy atom. The Hall–Kier alpha value is -3.48. The smallest absolute Gasteiger partial charge is 0.359 e. The molecular formula is C21H20N2O5. The van der Waals surface area contributed by atoms with Crippen LogP contribution in [0.15, 0.2) is 53.3 Å². The predicted molar refractivity (Wildman–Crippen MR) is 103 cm³/mol. The van der Waals surface area contributed by atoms with Gasteiger partial charge in [-0.2, -0.15) is 5.10 Å².